The van der Waals surface area contributed by atoms with E-state index in [2.05, 4.69) is 52.0 Å². The van der Waals surface area contributed by atoms with Crippen LogP contribution in [0.2, 0.25) is 0 Å². The zero-order chi connectivity index (χ0) is 26.4. The van der Waals surface area contributed by atoms with Crippen molar-refractivity contribution in [3.05, 3.63) is 115 Å². The summed E-state index contributed by atoms with van der Waals surface area (Å²) < 4.78 is 28.5. The van der Waals surface area contributed by atoms with Gasteiger partial charge < -0.3 is 15.4 Å². The second-order valence-corrected chi connectivity index (χ2v) is 11.4. The number of rotatable bonds is 10. The lowest BCUT2D eigenvalue weighted by molar-refractivity contribution is 0.483. The Bertz CT molecular complexity index is 1620. The molecule has 0 fully saturated rings. The molecule has 0 atom stereocenters. The van der Waals surface area contributed by atoms with Crippen LogP contribution in [0.4, 0.5) is 11.4 Å². The Labute approximate surface area is 223 Å². The molecule has 5 aromatic rings. The van der Waals surface area contributed by atoms with Gasteiger partial charge in [0, 0.05) is 42.3 Å². The van der Waals surface area contributed by atoms with Gasteiger partial charge in [0.15, 0.2) is 0 Å². The number of ether oxygens (including phenoxy) is 1. The second kappa shape index (κ2) is 11.5. The summed E-state index contributed by atoms with van der Waals surface area (Å²) >= 11 is 0. The molecule has 0 saturated heterocycles. The molecule has 38 heavy (non-hydrogen) atoms. The van der Waals surface area contributed by atoms with Crippen molar-refractivity contribution >= 4 is 32.1 Å². The van der Waals surface area contributed by atoms with Crippen molar-refractivity contribution in [3.8, 4) is 22.6 Å². The Balaban J connectivity index is 1.29. The minimum Gasteiger partial charge on any atom is -0.457 e. The van der Waals surface area contributed by atoms with Gasteiger partial charge in [0.1, 0.15) is 21.3 Å². The van der Waals surface area contributed by atoms with Crippen molar-refractivity contribution in [1.82, 2.24) is 10.3 Å². The van der Waals surface area contributed by atoms with Crippen LogP contribution in [0.1, 0.15) is 5.56 Å². The first kappa shape index (κ1) is 25.4. The van der Waals surface area contributed by atoms with Crippen molar-refractivity contribution in [2.24, 2.45) is 0 Å². The molecule has 5 rings (SSSR count). The van der Waals surface area contributed by atoms with E-state index in [0.29, 0.717) is 13.1 Å². The first-order chi connectivity index (χ1) is 18.4. The Kier molecular flexibility index (Phi) is 7.67. The van der Waals surface area contributed by atoms with Crippen molar-refractivity contribution < 1.29 is 13.2 Å². The third-order valence-corrected chi connectivity index (χ3v) is 7.07. The molecule has 2 N–H and O–H groups in total. The molecule has 0 aliphatic heterocycles. The van der Waals surface area contributed by atoms with E-state index in [1.165, 1.54) is 6.26 Å². The number of pyridine rings is 1. The zero-order valence-electron chi connectivity index (χ0n) is 21.1. The molecule has 0 aliphatic rings. The number of benzene rings is 4. The van der Waals surface area contributed by atoms with Crippen molar-refractivity contribution in [3.63, 3.8) is 0 Å². The molecule has 192 valence electrons. The number of aromatic nitrogens is 1. The molecule has 0 bridgehead atoms. The monoisotopic (exact) mass is 523 g/mol. The van der Waals surface area contributed by atoms with E-state index >= 15 is 0 Å². The van der Waals surface area contributed by atoms with Crippen molar-refractivity contribution in [1.29, 1.82) is 0 Å². The van der Waals surface area contributed by atoms with Gasteiger partial charge >= 0.3 is 0 Å². The van der Waals surface area contributed by atoms with Gasteiger partial charge in [0.25, 0.3) is 0 Å². The quantitative estimate of drug-likeness (QED) is 0.202. The van der Waals surface area contributed by atoms with Crippen molar-refractivity contribution in [2.45, 2.75) is 6.54 Å². The van der Waals surface area contributed by atoms with Crippen LogP contribution in [0.15, 0.2) is 109 Å². The van der Waals surface area contributed by atoms with Crippen LogP contribution in [0, 0.1) is 0 Å². The fourth-order valence-electron chi connectivity index (χ4n) is 4.13. The molecule has 0 unspecified atom stereocenters. The highest BCUT2D eigenvalue weighted by molar-refractivity contribution is 7.90. The summed E-state index contributed by atoms with van der Waals surface area (Å²) in [4.78, 5) is 4.54. The third kappa shape index (κ3) is 6.76. The minimum absolute atomic E-state index is 0.137. The molecule has 0 amide bonds. The lowest BCUT2D eigenvalue weighted by Gasteiger charge is -2.12. The summed E-state index contributed by atoms with van der Waals surface area (Å²) in [5.74, 6) is 1.72. The summed E-state index contributed by atoms with van der Waals surface area (Å²) in [7, 11) is -2.96. The van der Waals surface area contributed by atoms with Gasteiger partial charge in [-0.3, -0.25) is 4.98 Å². The standard InChI is InChI=1S/C31H29N3O3S/c1-38(35,36)20-19-32-22-23-7-9-24(10-8-23)25-11-16-30-29(21-25)31(17-18-33-30)34-26-12-14-28(15-13-26)37-27-5-3-2-4-6-27/h2-18,21,32H,19-20,22H2,1H3,(H,33,34). The van der Waals surface area contributed by atoms with E-state index in [-0.39, 0.29) is 5.75 Å². The van der Waals surface area contributed by atoms with Crippen LogP contribution >= 0.6 is 0 Å². The van der Waals surface area contributed by atoms with Gasteiger partial charge in [0.05, 0.1) is 11.3 Å². The third-order valence-electron chi connectivity index (χ3n) is 6.12. The maximum absolute atomic E-state index is 11.3. The Morgan fingerprint density at radius 2 is 1.50 bits per heavy atom. The van der Waals surface area contributed by atoms with E-state index in [4.69, 9.17) is 4.74 Å². The fraction of sp³-hybridized carbons (Fsp3) is 0.129. The molecular weight excluding hydrogens is 494 g/mol. The molecule has 0 aliphatic carbocycles. The number of anilines is 2. The van der Waals surface area contributed by atoms with Crippen LogP contribution in [0.3, 0.4) is 0 Å². The first-order valence-corrected chi connectivity index (χ1v) is 14.5. The molecule has 4 aromatic carbocycles. The predicted molar refractivity (Wildman–Crippen MR) is 155 cm³/mol. The maximum atomic E-state index is 11.3. The predicted octanol–water partition coefficient (Wildman–Crippen LogP) is 6.57. The maximum Gasteiger partial charge on any atom is 0.148 e. The van der Waals surface area contributed by atoms with Gasteiger partial charge in [-0.1, -0.05) is 48.5 Å². The summed E-state index contributed by atoms with van der Waals surface area (Å²) in [6, 6.07) is 34.1. The Morgan fingerprint density at radius 3 is 2.24 bits per heavy atom. The molecule has 7 heteroatoms. The van der Waals surface area contributed by atoms with E-state index in [9.17, 15) is 8.42 Å². The number of nitrogens with one attached hydrogen (secondary N) is 2. The van der Waals surface area contributed by atoms with E-state index in [1.807, 2.05) is 72.9 Å². The normalized spacial score (nSPS) is 11.4. The van der Waals surface area contributed by atoms with Crippen LogP contribution < -0.4 is 15.4 Å². The Morgan fingerprint density at radius 1 is 0.789 bits per heavy atom. The second-order valence-electron chi connectivity index (χ2n) is 9.16. The number of hydrogen-bond acceptors (Lipinski definition) is 6. The van der Waals surface area contributed by atoms with Gasteiger partial charge in [-0.2, -0.15) is 0 Å². The summed E-state index contributed by atoms with van der Waals surface area (Å²) in [6.45, 7) is 1.07. The van der Waals surface area contributed by atoms with Crippen LogP contribution in [0.5, 0.6) is 11.5 Å². The van der Waals surface area contributed by atoms with Crippen LogP contribution in [0.25, 0.3) is 22.0 Å². The number of para-hydroxylation sites is 1. The summed E-state index contributed by atoms with van der Waals surface area (Å²) in [5.41, 5.74) is 6.14. The highest BCUT2D eigenvalue weighted by Gasteiger charge is 2.07. The first-order valence-electron chi connectivity index (χ1n) is 12.4. The fourth-order valence-corrected chi connectivity index (χ4v) is 4.64. The lowest BCUT2D eigenvalue weighted by atomic mass is 10.0. The average molecular weight is 524 g/mol. The number of hydrogen-bond donors (Lipinski definition) is 2. The highest BCUT2D eigenvalue weighted by atomic mass is 32.2. The largest absolute Gasteiger partial charge is 0.457 e. The van der Waals surface area contributed by atoms with Crippen LogP contribution in [-0.4, -0.2) is 32.0 Å². The molecule has 0 spiro atoms. The van der Waals surface area contributed by atoms with Gasteiger partial charge in [-0.15, -0.1) is 0 Å². The smallest absolute Gasteiger partial charge is 0.148 e. The molecule has 0 saturated carbocycles. The van der Waals surface area contributed by atoms with E-state index < -0.39 is 9.84 Å². The van der Waals surface area contributed by atoms with E-state index in [1.54, 1.807) is 0 Å². The summed E-state index contributed by atoms with van der Waals surface area (Å²) in [5, 5.41) is 7.73. The van der Waals surface area contributed by atoms with Gasteiger partial charge in [-0.05, 0) is 71.3 Å². The molecule has 1 heterocycles. The number of nitrogens with zero attached hydrogens (tertiary/aromatic N) is 1. The molecular formula is C31H29N3O3S. The van der Waals surface area contributed by atoms with Crippen LogP contribution in [-0.2, 0) is 16.4 Å². The molecule has 0 radical (unpaired) electrons. The lowest BCUT2D eigenvalue weighted by Crippen LogP contribution is -2.21. The van der Waals surface area contributed by atoms with E-state index in [0.717, 1.165) is 50.5 Å². The molecule has 6 nitrogen and oxygen atoms in total. The molecule has 1 aromatic heterocycles. The number of fused-ring (bicyclic) bond motifs is 1. The zero-order valence-corrected chi connectivity index (χ0v) is 21.9. The average Bonchev–Trinajstić information content (AvgIpc) is 2.93. The van der Waals surface area contributed by atoms with Gasteiger partial charge in [0.2, 0.25) is 0 Å². The van der Waals surface area contributed by atoms with Gasteiger partial charge in [-0.25, -0.2) is 8.42 Å². The SMILES string of the molecule is CS(=O)(=O)CCNCc1ccc(-c2ccc3nccc(Nc4ccc(Oc5ccccc5)cc4)c3c2)cc1. The minimum atomic E-state index is -2.96. The highest BCUT2D eigenvalue weighted by Crippen LogP contribution is 2.31. The topological polar surface area (TPSA) is 80.3 Å². The summed E-state index contributed by atoms with van der Waals surface area (Å²) in [6.07, 6.45) is 3.06. The number of sulfone groups is 1. The Hall–Kier alpha value is -4.20. The van der Waals surface area contributed by atoms with Crippen molar-refractivity contribution in [2.75, 3.05) is 23.9 Å².